The SMILES string of the molecule is CN(CC1COc2ccccc2O1)C(=O)CCC(=O)c1ccc(Cl)cc1. The number of hydrogen-bond donors (Lipinski definition) is 0. The molecule has 0 radical (unpaired) electrons. The van der Waals surface area contributed by atoms with Crippen LogP contribution in [0.5, 0.6) is 11.5 Å². The number of nitrogens with zero attached hydrogens (tertiary/aromatic N) is 1. The number of benzene rings is 2. The van der Waals surface area contributed by atoms with E-state index in [1.165, 1.54) is 0 Å². The molecule has 2 aromatic carbocycles. The highest BCUT2D eigenvalue weighted by atomic mass is 35.5. The molecule has 1 amide bonds. The third kappa shape index (κ3) is 4.55. The van der Waals surface area contributed by atoms with Crippen LogP contribution in [-0.4, -0.2) is 42.9 Å². The minimum absolute atomic E-state index is 0.0745. The van der Waals surface area contributed by atoms with E-state index in [0.29, 0.717) is 35.2 Å². The Bertz CT molecular complexity index is 791. The molecule has 5 nitrogen and oxygen atoms in total. The number of halogens is 1. The van der Waals surface area contributed by atoms with Crippen LogP contribution in [0.4, 0.5) is 0 Å². The molecule has 1 heterocycles. The summed E-state index contributed by atoms with van der Waals surface area (Å²) in [6, 6.07) is 14.1. The van der Waals surface area contributed by atoms with Crippen molar-refractivity contribution in [3.63, 3.8) is 0 Å². The second-order valence-electron chi connectivity index (χ2n) is 6.20. The van der Waals surface area contributed by atoms with Gasteiger partial charge in [0, 0.05) is 30.5 Å². The minimum Gasteiger partial charge on any atom is -0.486 e. The first-order chi connectivity index (χ1) is 12.5. The van der Waals surface area contributed by atoms with E-state index in [2.05, 4.69) is 0 Å². The smallest absolute Gasteiger partial charge is 0.222 e. The van der Waals surface area contributed by atoms with Crippen LogP contribution in [0.15, 0.2) is 48.5 Å². The molecule has 2 aromatic rings. The van der Waals surface area contributed by atoms with Crippen molar-refractivity contribution in [2.24, 2.45) is 0 Å². The Kier molecular flexibility index (Phi) is 5.78. The molecule has 136 valence electrons. The van der Waals surface area contributed by atoms with E-state index in [1.54, 1.807) is 36.2 Å². The van der Waals surface area contributed by atoms with Gasteiger partial charge in [-0.05, 0) is 36.4 Å². The highest BCUT2D eigenvalue weighted by Gasteiger charge is 2.23. The zero-order chi connectivity index (χ0) is 18.5. The number of carbonyl (C=O) groups excluding carboxylic acids is 2. The van der Waals surface area contributed by atoms with Crippen molar-refractivity contribution in [2.75, 3.05) is 20.2 Å². The predicted molar refractivity (Wildman–Crippen MR) is 99.0 cm³/mol. The lowest BCUT2D eigenvalue weighted by Gasteiger charge is -2.29. The molecular formula is C20H20ClNO4. The summed E-state index contributed by atoms with van der Waals surface area (Å²) in [4.78, 5) is 26.0. The second kappa shape index (κ2) is 8.23. The molecule has 1 aliphatic heterocycles. The van der Waals surface area contributed by atoms with Gasteiger partial charge in [-0.3, -0.25) is 9.59 Å². The third-order valence-electron chi connectivity index (χ3n) is 4.20. The Hall–Kier alpha value is -2.53. The van der Waals surface area contributed by atoms with Crippen molar-refractivity contribution in [1.82, 2.24) is 4.90 Å². The summed E-state index contributed by atoms with van der Waals surface area (Å²) in [7, 11) is 1.71. The van der Waals surface area contributed by atoms with Crippen LogP contribution in [0.2, 0.25) is 5.02 Å². The fourth-order valence-electron chi connectivity index (χ4n) is 2.75. The topological polar surface area (TPSA) is 55.8 Å². The van der Waals surface area contributed by atoms with Crippen LogP contribution in [0, 0.1) is 0 Å². The van der Waals surface area contributed by atoms with Gasteiger partial charge in [0.05, 0.1) is 6.54 Å². The zero-order valence-corrected chi connectivity index (χ0v) is 15.2. The summed E-state index contributed by atoms with van der Waals surface area (Å²) in [5.74, 6) is 1.22. The van der Waals surface area contributed by atoms with Gasteiger partial charge in [-0.1, -0.05) is 23.7 Å². The quantitative estimate of drug-likeness (QED) is 0.726. The van der Waals surface area contributed by atoms with E-state index in [9.17, 15) is 9.59 Å². The van der Waals surface area contributed by atoms with E-state index in [4.69, 9.17) is 21.1 Å². The molecule has 6 heteroatoms. The number of carbonyl (C=O) groups is 2. The van der Waals surface area contributed by atoms with E-state index < -0.39 is 0 Å². The zero-order valence-electron chi connectivity index (χ0n) is 14.5. The number of likely N-dealkylation sites (N-methyl/N-ethyl adjacent to an activating group) is 1. The second-order valence-corrected chi connectivity index (χ2v) is 6.64. The average molecular weight is 374 g/mol. The molecule has 0 aromatic heterocycles. The lowest BCUT2D eigenvalue weighted by molar-refractivity contribution is -0.131. The van der Waals surface area contributed by atoms with Gasteiger partial charge in [0.25, 0.3) is 0 Å². The lowest BCUT2D eigenvalue weighted by Crippen LogP contribution is -2.41. The monoisotopic (exact) mass is 373 g/mol. The number of Topliss-reactive ketones (excluding diaryl/α,β-unsaturated/α-hetero) is 1. The molecule has 0 bridgehead atoms. The number of rotatable bonds is 6. The van der Waals surface area contributed by atoms with Crippen LogP contribution in [0.1, 0.15) is 23.2 Å². The molecule has 1 aliphatic rings. The van der Waals surface area contributed by atoms with Gasteiger partial charge in [-0.2, -0.15) is 0 Å². The van der Waals surface area contributed by atoms with Crippen molar-refractivity contribution in [3.05, 3.63) is 59.1 Å². The molecule has 3 rings (SSSR count). The van der Waals surface area contributed by atoms with Crippen molar-refractivity contribution in [2.45, 2.75) is 18.9 Å². The maximum Gasteiger partial charge on any atom is 0.222 e. The van der Waals surface area contributed by atoms with Gasteiger partial charge in [0.1, 0.15) is 6.61 Å². The van der Waals surface area contributed by atoms with Gasteiger partial charge in [0.15, 0.2) is 23.4 Å². The van der Waals surface area contributed by atoms with E-state index in [1.807, 2.05) is 24.3 Å². The molecule has 1 atom stereocenters. The van der Waals surface area contributed by atoms with Crippen LogP contribution < -0.4 is 9.47 Å². The Morgan fingerprint density at radius 1 is 1.08 bits per heavy atom. The van der Waals surface area contributed by atoms with Crippen molar-refractivity contribution in [3.8, 4) is 11.5 Å². The highest BCUT2D eigenvalue weighted by Crippen LogP contribution is 2.31. The summed E-state index contributed by atoms with van der Waals surface area (Å²) in [6.45, 7) is 0.792. The van der Waals surface area contributed by atoms with E-state index in [-0.39, 0.29) is 30.6 Å². The van der Waals surface area contributed by atoms with Crippen LogP contribution >= 0.6 is 11.6 Å². The number of ketones is 1. The maximum atomic E-state index is 12.3. The first kappa shape index (κ1) is 18.3. The maximum absolute atomic E-state index is 12.3. The van der Waals surface area contributed by atoms with Crippen LogP contribution in [-0.2, 0) is 4.79 Å². The Morgan fingerprint density at radius 2 is 1.77 bits per heavy atom. The van der Waals surface area contributed by atoms with Gasteiger partial charge >= 0.3 is 0 Å². The lowest BCUT2D eigenvalue weighted by atomic mass is 10.1. The van der Waals surface area contributed by atoms with Gasteiger partial charge in [-0.25, -0.2) is 0 Å². The molecule has 26 heavy (non-hydrogen) atoms. The summed E-state index contributed by atoms with van der Waals surface area (Å²) in [5.41, 5.74) is 0.561. The van der Waals surface area contributed by atoms with Gasteiger partial charge in [-0.15, -0.1) is 0 Å². The summed E-state index contributed by atoms with van der Waals surface area (Å²) in [6.07, 6.45) is 0.0865. The van der Waals surface area contributed by atoms with Gasteiger partial charge in [0.2, 0.25) is 5.91 Å². The van der Waals surface area contributed by atoms with Crippen LogP contribution in [0.3, 0.4) is 0 Å². The molecule has 0 N–H and O–H groups in total. The first-order valence-corrected chi connectivity index (χ1v) is 8.82. The van der Waals surface area contributed by atoms with E-state index >= 15 is 0 Å². The standard InChI is InChI=1S/C20H20ClNO4/c1-22(12-16-13-25-18-4-2-3-5-19(18)26-16)20(24)11-10-17(23)14-6-8-15(21)9-7-14/h2-9,16H,10-13H2,1H3. The van der Waals surface area contributed by atoms with Crippen molar-refractivity contribution in [1.29, 1.82) is 0 Å². The molecule has 1 unspecified atom stereocenters. The van der Waals surface area contributed by atoms with Gasteiger partial charge < -0.3 is 14.4 Å². The first-order valence-electron chi connectivity index (χ1n) is 8.44. The van der Waals surface area contributed by atoms with Crippen LogP contribution in [0.25, 0.3) is 0 Å². The molecule has 0 spiro atoms. The Morgan fingerprint density at radius 3 is 2.50 bits per heavy atom. The Balaban J connectivity index is 1.47. The molecule has 0 saturated heterocycles. The summed E-state index contributed by atoms with van der Waals surface area (Å²) >= 11 is 5.82. The highest BCUT2D eigenvalue weighted by molar-refractivity contribution is 6.30. The predicted octanol–water partition coefficient (Wildman–Crippen LogP) is 3.60. The molecule has 0 fully saturated rings. The number of hydrogen-bond acceptors (Lipinski definition) is 4. The Labute approximate surface area is 157 Å². The average Bonchev–Trinajstić information content (AvgIpc) is 2.66. The number of para-hydroxylation sites is 2. The van der Waals surface area contributed by atoms with Crippen molar-refractivity contribution >= 4 is 23.3 Å². The van der Waals surface area contributed by atoms with Crippen molar-refractivity contribution < 1.29 is 19.1 Å². The number of fused-ring (bicyclic) bond motifs is 1. The fourth-order valence-corrected chi connectivity index (χ4v) is 2.88. The van der Waals surface area contributed by atoms with E-state index in [0.717, 1.165) is 0 Å². The third-order valence-corrected chi connectivity index (χ3v) is 4.45. The summed E-state index contributed by atoms with van der Waals surface area (Å²) in [5, 5.41) is 0.577. The molecular weight excluding hydrogens is 354 g/mol. The minimum atomic E-state index is -0.231. The number of amides is 1. The fraction of sp³-hybridized carbons (Fsp3) is 0.300. The normalized spacial score (nSPS) is 15.4. The molecule has 0 aliphatic carbocycles. The number of ether oxygens (including phenoxy) is 2. The summed E-state index contributed by atoms with van der Waals surface area (Å²) < 4.78 is 11.5. The molecule has 0 saturated carbocycles. The largest absolute Gasteiger partial charge is 0.486 e.